The van der Waals surface area contributed by atoms with E-state index in [2.05, 4.69) is 37.6 Å². The van der Waals surface area contributed by atoms with Crippen LogP contribution in [0, 0.1) is 0 Å². The van der Waals surface area contributed by atoms with Crippen molar-refractivity contribution >= 4 is 34.1 Å². The molecular formula is C23H24N6O2S. The van der Waals surface area contributed by atoms with Crippen molar-refractivity contribution in [3.05, 3.63) is 59.9 Å². The van der Waals surface area contributed by atoms with Crippen LogP contribution in [0.15, 0.2) is 54.2 Å². The van der Waals surface area contributed by atoms with Crippen LogP contribution in [0.5, 0.6) is 0 Å². The minimum absolute atomic E-state index is 0.0271. The van der Waals surface area contributed by atoms with E-state index in [9.17, 15) is 4.79 Å². The number of aromatic nitrogens is 4. The zero-order valence-electron chi connectivity index (χ0n) is 17.8. The molecule has 0 radical (unpaired) electrons. The van der Waals surface area contributed by atoms with Gasteiger partial charge in [0.05, 0.1) is 12.3 Å². The van der Waals surface area contributed by atoms with Gasteiger partial charge < -0.3 is 19.1 Å². The van der Waals surface area contributed by atoms with E-state index in [1.54, 1.807) is 25.6 Å². The number of nitrogens with zero attached hydrogens (tertiary/aromatic N) is 6. The van der Waals surface area contributed by atoms with Crippen LogP contribution in [-0.4, -0.2) is 70.2 Å². The molecule has 8 nitrogen and oxygen atoms in total. The molecule has 0 spiro atoms. The molecule has 1 amide bonds. The molecule has 1 aliphatic heterocycles. The second-order valence-corrected chi connectivity index (χ2v) is 8.46. The van der Waals surface area contributed by atoms with Crippen LogP contribution >= 0.6 is 11.3 Å². The molecule has 9 heteroatoms. The molecule has 1 aliphatic rings. The first kappa shape index (κ1) is 20.6. The maximum absolute atomic E-state index is 13.1. The number of hydrogen-bond donors (Lipinski definition) is 0. The Kier molecular flexibility index (Phi) is 5.83. The Bertz CT molecular complexity index is 1210. The number of rotatable bonds is 6. The number of para-hydroxylation sites is 1. The van der Waals surface area contributed by atoms with E-state index in [1.165, 1.54) is 11.3 Å². The van der Waals surface area contributed by atoms with Gasteiger partial charge >= 0.3 is 0 Å². The lowest BCUT2D eigenvalue weighted by Gasteiger charge is -2.34. The van der Waals surface area contributed by atoms with Crippen molar-refractivity contribution in [3.63, 3.8) is 0 Å². The highest BCUT2D eigenvalue weighted by atomic mass is 32.1. The van der Waals surface area contributed by atoms with Crippen LogP contribution in [0.2, 0.25) is 0 Å². The number of benzene rings is 1. The first-order chi connectivity index (χ1) is 15.7. The van der Waals surface area contributed by atoms with Gasteiger partial charge in [-0.3, -0.25) is 4.79 Å². The Morgan fingerprint density at radius 2 is 1.88 bits per heavy atom. The van der Waals surface area contributed by atoms with Gasteiger partial charge in [-0.1, -0.05) is 18.2 Å². The first-order valence-electron chi connectivity index (χ1n) is 10.6. The molecule has 0 bridgehead atoms. The van der Waals surface area contributed by atoms with Crippen LogP contribution in [0.25, 0.3) is 21.6 Å². The maximum atomic E-state index is 13.1. The number of ether oxygens (including phenoxy) is 1. The first-order valence-corrected chi connectivity index (χ1v) is 11.5. The molecule has 0 unspecified atom stereocenters. The zero-order valence-corrected chi connectivity index (χ0v) is 18.7. The average molecular weight is 449 g/mol. The van der Waals surface area contributed by atoms with Crippen molar-refractivity contribution < 1.29 is 9.53 Å². The third kappa shape index (κ3) is 3.96. The van der Waals surface area contributed by atoms with Crippen LogP contribution in [0.3, 0.4) is 0 Å². The summed E-state index contributed by atoms with van der Waals surface area (Å²) in [6, 6.07) is 12.2. The summed E-state index contributed by atoms with van der Waals surface area (Å²) >= 11 is 1.50. The zero-order chi connectivity index (χ0) is 21.9. The van der Waals surface area contributed by atoms with E-state index in [1.807, 2.05) is 22.4 Å². The highest BCUT2D eigenvalue weighted by Crippen LogP contribution is 2.31. The predicted molar refractivity (Wildman–Crippen MR) is 125 cm³/mol. The van der Waals surface area contributed by atoms with Gasteiger partial charge in [-0.2, -0.15) is 0 Å². The third-order valence-corrected chi connectivity index (χ3v) is 6.54. The molecule has 4 heterocycles. The van der Waals surface area contributed by atoms with Gasteiger partial charge in [0.25, 0.3) is 5.91 Å². The summed E-state index contributed by atoms with van der Waals surface area (Å²) < 4.78 is 7.52. The van der Waals surface area contributed by atoms with E-state index in [0.717, 1.165) is 28.1 Å². The fourth-order valence-corrected chi connectivity index (χ4v) is 4.84. The lowest BCUT2D eigenvalue weighted by atomic mass is 10.2. The molecule has 0 saturated carbocycles. The standard InChI is InChI=1S/C23H24N6O2S/c1-31-14-13-29-19-6-3-2-5-17(19)15-20(29)21-26-18(16-32-21)22(30)27-9-11-28(12-10-27)23-24-7-4-8-25-23/h2-8,15-16H,9-14H2,1H3. The number of thiazole rings is 1. The highest BCUT2D eigenvalue weighted by molar-refractivity contribution is 7.13. The SMILES string of the molecule is COCCn1c(-c2nc(C(=O)N3CCN(c4ncccn4)CC3)cs2)cc2ccccc21. The lowest BCUT2D eigenvalue weighted by molar-refractivity contribution is 0.0741. The summed E-state index contributed by atoms with van der Waals surface area (Å²) in [5.74, 6) is 0.681. The van der Waals surface area contributed by atoms with Gasteiger partial charge in [0.15, 0.2) is 0 Å². The second-order valence-electron chi connectivity index (χ2n) is 7.60. The van der Waals surface area contributed by atoms with Crippen LogP contribution in [-0.2, 0) is 11.3 Å². The number of carbonyl (C=O) groups excluding carboxylic acids is 1. The van der Waals surface area contributed by atoms with Crippen LogP contribution in [0.4, 0.5) is 5.95 Å². The Labute approximate surface area is 190 Å². The second kappa shape index (κ2) is 9.05. The number of carbonyl (C=O) groups is 1. The number of amides is 1. The van der Waals surface area contributed by atoms with Gasteiger partial charge in [-0.05, 0) is 18.2 Å². The molecule has 0 N–H and O–H groups in total. The van der Waals surface area contributed by atoms with E-state index < -0.39 is 0 Å². The molecule has 5 rings (SSSR count). The Morgan fingerprint density at radius 1 is 1.09 bits per heavy atom. The van der Waals surface area contributed by atoms with Gasteiger partial charge in [-0.25, -0.2) is 15.0 Å². The Hall–Kier alpha value is -3.30. The van der Waals surface area contributed by atoms with Crippen molar-refractivity contribution in [1.82, 2.24) is 24.4 Å². The Balaban J connectivity index is 1.34. The summed E-state index contributed by atoms with van der Waals surface area (Å²) in [4.78, 5) is 30.4. The molecule has 1 aromatic carbocycles. The smallest absolute Gasteiger partial charge is 0.273 e. The van der Waals surface area contributed by atoms with E-state index in [-0.39, 0.29) is 5.91 Å². The van der Waals surface area contributed by atoms with Crippen molar-refractivity contribution in [3.8, 4) is 10.7 Å². The van der Waals surface area contributed by atoms with E-state index in [0.29, 0.717) is 44.4 Å². The lowest BCUT2D eigenvalue weighted by Crippen LogP contribution is -2.49. The quantitative estimate of drug-likeness (QED) is 0.451. The monoisotopic (exact) mass is 448 g/mol. The highest BCUT2D eigenvalue weighted by Gasteiger charge is 2.25. The number of methoxy groups -OCH3 is 1. The molecule has 164 valence electrons. The minimum Gasteiger partial charge on any atom is -0.383 e. The van der Waals surface area contributed by atoms with E-state index >= 15 is 0 Å². The van der Waals surface area contributed by atoms with Crippen molar-refractivity contribution in [2.45, 2.75) is 6.54 Å². The average Bonchev–Trinajstić information content (AvgIpc) is 3.48. The predicted octanol–water partition coefficient (Wildman–Crippen LogP) is 3.16. The Morgan fingerprint density at radius 3 is 2.66 bits per heavy atom. The van der Waals surface area contributed by atoms with Crippen LogP contribution < -0.4 is 4.90 Å². The minimum atomic E-state index is -0.0271. The number of hydrogen-bond acceptors (Lipinski definition) is 7. The van der Waals surface area contributed by atoms with Crippen molar-refractivity contribution in [1.29, 1.82) is 0 Å². The molecule has 3 aromatic heterocycles. The molecule has 0 atom stereocenters. The fourth-order valence-electron chi connectivity index (χ4n) is 4.03. The summed E-state index contributed by atoms with van der Waals surface area (Å²) in [6.07, 6.45) is 3.48. The van der Waals surface area contributed by atoms with Gasteiger partial charge in [-0.15, -0.1) is 11.3 Å². The molecule has 1 fully saturated rings. The molecule has 0 aliphatic carbocycles. The van der Waals surface area contributed by atoms with Gasteiger partial charge in [0, 0.05) is 68.5 Å². The number of piperazine rings is 1. The fraction of sp³-hybridized carbons (Fsp3) is 0.304. The molecule has 1 saturated heterocycles. The summed E-state index contributed by atoms with van der Waals surface area (Å²) in [7, 11) is 1.70. The number of fused-ring (bicyclic) bond motifs is 1. The van der Waals surface area contributed by atoms with Crippen LogP contribution in [0.1, 0.15) is 10.5 Å². The maximum Gasteiger partial charge on any atom is 0.273 e. The molecular weight excluding hydrogens is 424 g/mol. The summed E-state index contributed by atoms with van der Waals surface area (Å²) in [5.41, 5.74) is 2.65. The normalized spacial score (nSPS) is 14.3. The summed E-state index contributed by atoms with van der Waals surface area (Å²) in [6.45, 7) is 4.00. The third-order valence-electron chi connectivity index (χ3n) is 5.67. The number of anilines is 1. The van der Waals surface area contributed by atoms with Gasteiger partial charge in [0.1, 0.15) is 10.7 Å². The van der Waals surface area contributed by atoms with Crippen molar-refractivity contribution in [2.24, 2.45) is 0 Å². The van der Waals surface area contributed by atoms with E-state index in [4.69, 9.17) is 9.72 Å². The molecule has 32 heavy (non-hydrogen) atoms. The summed E-state index contributed by atoms with van der Waals surface area (Å²) in [5, 5.41) is 3.86. The molecule has 4 aromatic rings. The van der Waals surface area contributed by atoms with Gasteiger partial charge in [0.2, 0.25) is 5.95 Å². The largest absolute Gasteiger partial charge is 0.383 e. The van der Waals surface area contributed by atoms with Crippen molar-refractivity contribution in [2.75, 3.05) is 44.8 Å². The topological polar surface area (TPSA) is 76.4 Å².